The number of ether oxygens (including phenoxy) is 1. The summed E-state index contributed by atoms with van der Waals surface area (Å²) in [5.74, 6) is 0.116. The summed E-state index contributed by atoms with van der Waals surface area (Å²) >= 11 is 0. The number of rotatable bonds is 6. The van der Waals surface area contributed by atoms with Crippen LogP contribution in [0.4, 0.5) is 0 Å². The minimum absolute atomic E-state index is 0.102. The molecule has 6 heteroatoms. The zero-order valence-corrected chi connectivity index (χ0v) is 11.7. The van der Waals surface area contributed by atoms with Crippen LogP contribution in [0.2, 0.25) is 0 Å². The molecule has 2 saturated heterocycles. The number of hydrogen-bond donors (Lipinski definition) is 2. The summed E-state index contributed by atoms with van der Waals surface area (Å²) in [7, 11) is -3.17. The van der Waals surface area contributed by atoms with Crippen molar-refractivity contribution in [3.63, 3.8) is 0 Å². The number of sulfonamides is 1. The lowest BCUT2D eigenvalue weighted by molar-refractivity contribution is 0.127. The van der Waals surface area contributed by atoms with Gasteiger partial charge in [-0.15, -0.1) is 0 Å². The Bertz CT molecular complexity index is 333. The van der Waals surface area contributed by atoms with Gasteiger partial charge in [0.15, 0.2) is 0 Å². The summed E-state index contributed by atoms with van der Waals surface area (Å²) in [5.41, 5.74) is 0. The Hall–Kier alpha value is -0.170. The number of nitrogens with one attached hydrogen (secondary N) is 2. The Balaban J connectivity index is 1.64. The van der Waals surface area contributed by atoms with Gasteiger partial charge >= 0.3 is 0 Å². The van der Waals surface area contributed by atoms with E-state index in [1.165, 1.54) is 12.8 Å². The summed E-state index contributed by atoms with van der Waals surface area (Å²) < 4.78 is 31.7. The van der Waals surface area contributed by atoms with Crippen molar-refractivity contribution >= 4 is 10.0 Å². The van der Waals surface area contributed by atoms with E-state index < -0.39 is 10.0 Å². The van der Waals surface area contributed by atoms with Crippen LogP contribution in [0.15, 0.2) is 0 Å². The largest absolute Gasteiger partial charge is 0.377 e. The van der Waals surface area contributed by atoms with Crippen LogP contribution in [0.25, 0.3) is 0 Å². The lowest BCUT2D eigenvalue weighted by Gasteiger charge is -2.23. The van der Waals surface area contributed by atoms with E-state index in [2.05, 4.69) is 10.0 Å². The van der Waals surface area contributed by atoms with E-state index in [-0.39, 0.29) is 11.9 Å². The summed E-state index contributed by atoms with van der Waals surface area (Å²) in [6.45, 7) is 2.30. The fourth-order valence-electron chi connectivity index (χ4n) is 2.64. The molecule has 2 aliphatic rings. The van der Waals surface area contributed by atoms with Gasteiger partial charge in [0.05, 0.1) is 11.9 Å². The van der Waals surface area contributed by atoms with Crippen LogP contribution >= 0.6 is 0 Å². The van der Waals surface area contributed by atoms with Crippen LogP contribution < -0.4 is 10.0 Å². The summed E-state index contributed by atoms with van der Waals surface area (Å²) in [6, 6.07) is 0.476. The maximum atomic E-state index is 11.8. The predicted molar refractivity (Wildman–Crippen MR) is 71.0 cm³/mol. The van der Waals surface area contributed by atoms with Crippen molar-refractivity contribution in [2.24, 2.45) is 0 Å². The molecule has 0 spiro atoms. The van der Waals surface area contributed by atoms with Gasteiger partial charge in [0.2, 0.25) is 10.0 Å². The highest BCUT2D eigenvalue weighted by Crippen LogP contribution is 2.14. The van der Waals surface area contributed by atoms with Crippen LogP contribution in [0, 0.1) is 0 Å². The molecule has 2 fully saturated rings. The first-order valence-electron chi connectivity index (χ1n) is 6.98. The molecule has 2 heterocycles. The third kappa shape index (κ3) is 4.84. The van der Waals surface area contributed by atoms with Gasteiger partial charge in [0.1, 0.15) is 0 Å². The van der Waals surface area contributed by atoms with Gasteiger partial charge in [-0.3, -0.25) is 0 Å². The summed E-state index contributed by atoms with van der Waals surface area (Å²) in [5, 5.41) is 3.42. The molecule has 0 aromatic carbocycles. The first-order valence-corrected chi connectivity index (χ1v) is 8.63. The quantitative estimate of drug-likeness (QED) is 0.746. The fourth-order valence-corrected chi connectivity index (χ4v) is 3.94. The van der Waals surface area contributed by atoms with Crippen molar-refractivity contribution < 1.29 is 13.2 Å². The van der Waals surface area contributed by atoms with Crippen molar-refractivity contribution in [1.82, 2.24) is 10.0 Å². The van der Waals surface area contributed by atoms with E-state index in [4.69, 9.17) is 4.74 Å². The monoisotopic (exact) mass is 276 g/mol. The third-order valence-corrected chi connectivity index (χ3v) is 5.11. The highest BCUT2D eigenvalue weighted by Gasteiger charge is 2.23. The molecule has 2 N–H and O–H groups in total. The van der Waals surface area contributed by atoms with Gasteiger partial charge in [0, 0.05) is 19.2 Å². The number of hydrogen-bond acceptors (Lipinski definition) is 4. The van der Waals surface area contributed by atoms with Crippen molar-refractivity contribution in [2.45, 2.75) is 50.7 Å². The predicted octanol–water partition coefficient (Wildman–Crippen LogP) is 0.617. The van der Waals surface area contributed by atoms with Crippen LogP contribution in [0.5, 0.6) is 0 Å². The molecule has 0 radical (unpaired) electrons. The van der Waals surface area contributed by atoms with Crippen LogP contribution in [0.1, 0.15) is 38.5 Å². The van der Waals surface area contributed by atoms with Crippen molar-refractivity contribution in [3.8, 4) is 0 Å². The van der Waals surface area contributed by atoms with E-state index in [1.807, 2.05) is 0 Å². The van der Waals surface area contributed by atoms with E-state index >= 15 is 0 Å². The normalized spacial score (nSPS) is 29.6. The molecule has 0 aromatic rings. The standard InChI is InChI=1S/C12H24N2O3S/c15-18(16,10-12-5-3-9-17-12)14-8-6-11-4-1-2-7-13-11/h11-14H,1-10H2. The lowest BCUT2D eigenvalue weighted by Crippen LogP contribution is -2.38. The van der Waals surface area contributed by atoms with Gasteiger partial charge in [-0.05, 0) is 38.6 Å². The Morgan fingerprint density at radius 2 is 2.11 bits per heavy atom. The molecule has 5 nitrogen and oxygen atoms in total. The second-order valence-corrected chi connectivity index (χ2v) is 7.10. The minimum Gasteiger partial charge on any atom is -0.377 e. The first kappa shape index (κ1) is 14.2. The maximum Gasteiger partial charge on any atom is 0.214 e. The van der Waals surface area contributed by atoms with E-state index in [9.17, 15) is 8.42 Å². The van der Waals surface area contributed by atoms with Gasteiger partial charge in [-0.1, -0.05) is 6.42 Å². The molecule has 0 aliphatic carbocycles. The molecular weight excluding hydrogens is 252 g/mol. The van der Waals surface area contributed by atoms with Crippen LogP contribution in [-0.4, -0.2) is 46.0 Å². The summed E-state index contributed by atoms with van der Waals surface area (Å²) in [6.07, 6.45) is 6.27. The highest BCUT2D eigenvalue weighted by atomic mass is 32.2. The maximum absolute atomic E-state index is 11.8. The molecule has 106 valence electrons. The third-order valence-electron chi connectivity index (χ3n) is 3.66. The molecule has 2 unspecified atom stereocenters. The second-order valence-electron chi connectivity index (χ2n) is 5.25. The number of piperidine rings is 1. The molecule has 2 rings (SSSR count). The van der Waals surface area contributed by atoms with E-state index in [1.54, 1.807) is 0 Å². The Morgan fingerprint density at radius 1 is 1.22 bits per heavy atom. The smallest absolute Gasteiger partial charge is 0.214 e. The molecular formula is C12H24N2O3S. The second kappa shape index (κ2) is 6.84. The van der Waals surface area contributed by atoms with Crippen LogP contribution in [0.3, 0.4) is 0 Å². The molecule has 18 heavy (non-hydrogen) atoms. The topological polar surface area (TPSA) is 67.4 Å². The van der Waals surface area contributed by atoms with Gasteiger partial charge < -0.3 is 10.1 Å². The van der Waals surface area contributed by atoms with Crippen LogP contribution in [-0.2, 0) is 14.8 Å². The van der Waals surface area contributed by atoms with Gasteiger partial charge in [-0.25, -0.2) is 13.1 Å². The Morgan fingerprint density at radius 3 is 2.78 bits per heavy atom. The Kier molecular flexibility index (Phi) is 5.41. The average Bonchev–Trinajstić information content (AvgIpc) is 2.82. The average molecular weight is 276 g/mol. The Labute approximate surface area is 110 Å². The van der Waals surface area contributed by atoms with Gasteiger partial charge in [-0.2, -0.15) is 0 Å². The fraction of sp³-hybridized carbons (Fsp3) is 1.00. The lowest BCUT2D eigenvalue weighted by atomic mass is 10.0. The van der Waals surface area contributed by atoms with Crippen molar-refractivity contribution in [2.75, 3.05) is 25.4 Å². The highest BCUT2D eigenvalue weighted by molar-refractivity contribution is 7.89. The van der Waals surface area contributed by atoms with E-state index in [0.29, 0.717) is 19.2 Å². The molecule has 0 bridgehead atoms. The summed E-state index contributed by atoms with van der Waals surface area (Å²) in [4.78, 5) is 0. The first-order chi connectivity index (χ1) is 8.66. The molecule has 0 amide bonds. The zero-order chi connectivity index (χ0) is 12.8. The SMILES string of the molecule is O=S(=O)(CC1CCCO1)NCCC1CCCCN1. The molecule has 0 aromatic heterocycles. The molecule has 2 aliphatic heterocycles. The zero-order valence-electron chi connectivity index (χ0n) is 10.9. The van der Waals surface area contributed by atoms with Gasteiger partial charge in [0.25, 0.3) is 0 Å². The van der Waals surface area contributed by atoms with E-state index in [0.717, 1.165) is 32.2 Å². The molecule has 2 atom stereocenters. The minimum atomic E-state index is -3.17. The van der Waals surface area contributed by atoms with Crippen molar-refractivity contribution in [1.29, 1.82) is 0 Å². The van der Waals surface area contributed by atoms with Crippen molar-refractivity contribution in [3.05, 3.63) is 0 Å². The molecule has 0 saturated carbocycles.